The van der Waals surface area contributed by atoms with Crippen LogP contribution in [-0.4, -0.2) is 30.0 Å². The molecule has 1 aromatic heterocycles. The van der Waals surface area contributed by atoms with Crippen LogP contribution in [0.15, 0.2) is 30.3 Å². The normalized spacial score (nSPS) is 18.2. The van der Waals surface area contributed by atoms with E-state index in [1.54, 1.807) is 12.1 Å². The highest BCUT2D eigenvalue weighted by Crippen LogP contribution is 2.40. The average molecular weight is 470 g/mol. The molecule has 0 atom stereocenters. The number of halogens is 4. The van der Waals surface area contributed by atoms with Crippen LogP contribution >= 0.6 is 11.6 Å². The van der Waals surface area contributed by atoms with Crippen molar-refractivity contribution in [2.24, 2.45) is 0 Å². The molecule has 2 aliphatic heterocycles. The highest BCUT2D eigenvalue weighted by Gasteiger charge is 2.46. The molecule has 1 spiro atoms. The van der Waals surface area contributed by atoms with Crippen LogP contribution < -0.4 is 10.6 Å². The van der Waals surface area contributed by atoms with Gasteiger partial charge in [-0.05, 0) is 42.8 Å². The van der Waals surface area contributed by atoms with Gasteiger partial charge in [0.05, 0.1) is 42.3 Å². The fourth-order valence-corrected chi connectivity index (χ4v) is 4.02. The molecule has 170 valence electrons. The maximum Gasteiger partial charge on any atom is 0.433 e. The quantitative estimate of drug-likeness (QED) is 0.664. The number of anilines is 1. The molecule has 0 bridgehead atoms. The number of hydrogen-bond donors (Lipinski definition) is 2. The maximum absolute atomic E-state index is 13.0. The summed E-state index contributed by atoms with van der Waals surface area (Å²) in [6, 6.07) is 6.83. The van der Waals surface area contributed by atoms with Crippen molar-refractivity contribution in [1.82, 2.24) is 10.3 Å². The minimum atomic E-state index is -4.55. The van der Waals surface area contributed by atoms with E-state index in [1.807, 2.05) is 0 Å². The topological polar surface area (TPSA) is 89.6 Å². The molecule has 1 fully saturated rings. The Morgan fingerprint density at radius 3 is 2.50 bits per heavy atom. The molecule has 2 N–H and O–H groups in total. The standard InChI is InChI=1S/C21H19ClF3N3O4/c22-15-5-4-14-13(8-9-26-11-20(14)31-17(29)6-7-18(30)32-20)19(15)27-10-12-2-1-3-16(28-12)21(23,24)25/h1-5,26-27H,6-11H2. The van der Waals surface area contributed by atoms with E-state index in [0.29, 0.717) is 34.8 Å². The number of fused-ring (bicyclic) bond motifs is 2. The van der Waals surface area contributed by atoms with Crippen molar-refractivity contribution >= 4 is 29.2 Å². The number of aromatic nitrogens is 1. The molecular weight excluding hydrogens is 451 g/mol. The number of benzene rings is 1. The fraction of sp³-hybridized carbons (Fsp3) is 0.381. The number of hydrogen-bond acceptors (Lipinski definition) is 7. The van der Waals surface area contributed by atoms with Gasteiger partial charge < -0.3 is 20.1 Å². The van der Waals surface area contributed by atoms with E-state index < -0.39 is 29.6 Å². The van der Waals surface area contributed by atoms with Gasteiger partial charge in [0, 0.05) is 5.56 Å². The van der Waals surface area contributed by atoms with Gasteiger partial charge in [0.25, 0.3) is 5.79 Å². The SMILES string of the molecule is O=C1CCC(=O)OC2(CNCCc3c2ccc(Cl)c3NCc2cccc(C(F)(F)F)n2)O1. The van der Waals surface area contributed by atoms with Crippen molar-refractivity contribution in [2.45, 2.75) is 37.8 Å². The van der Waals surface area contributed by atoms with E-state index in [9.17, 15) is 22.8 Å². The molecule has 2 aliphatic rings. The van der Waals surface area contributed by atoms with Gasteiger partial charge in [0.1, 0.15) is 5.69 Å². The van der Waals surface area contributed by atoms with Crippen molar-refractivity contribution < 1.29 is 32.2 Å². The number of esters is 2. The summed E-state index contributed by atoms with van der Waals surface area (Å²) in [7, 11) is 0. The lowest BCUT2D eigenvalue weighted by molar-refractivity contribution is -0.225. The first-order chi connectivity index (χ1) is 15.2. The monoisotopic (exact) mass is 469 g/mol. The molecule has 2 aromatic rings. The molecule has 4 rings (SSSR count). The van der Waals surface area contributed by atoms with Crippen LogP contribution in [0.2, 0.25) is 5.02 Å². The molecule has 1 aromatic carbocycles. The number of pyridine rings is 1. The van der Waals surface area contributed by atoms with Gasteiger partial charge in [-0.2, -0.15) is 13.2 Å². The van der Waals surface area contributed by atoms with Gasteiger partial charge in [-0.3, -0.25) is 9.59 Å². The lowest BCUT2D eigenvalue weighted by atomic mass is 9.96. The van der Waals surface area contributed by atoms with E-state index >= 15 is 0 Å². The summed E-state index contributed by atoms with van der Waals surface area (Å²) in [5.41, 5.74) is 0.715. The van der Waals surface area contributed by atoms with Gasteiger partial charge in [-0.1, -0.05) is 17.7 Å². The zero-order chi connectivity index (χ0) is 22.9. The number of nitrogens with zero attached hydrogens (tertiary/aromatic N) is 1. The predicted octanol–water partition coefficient (Wildman–Crippen LogP) is 3.54. The van der Waals surface area contributed by atoms with Gasteiger partial charge in [0.2, 0.25) is 0 Å². The Balaban J connectivity index is 1.69. The highest BCUT2D eigenvalue weighted by molar-refractivity contribution is 6.33. The Hall–Kier alpha value is -2.85. The van der Waals surface area contributed by atoms with Crippen molar-refractivity contribution in [3.8, 4) is 0 Å². The summed E-state index contributed by atoms with van der Waals surface area (Å²) >= 11 is 6.40. The van der Waals surface area contributed by atoms with Crippen molar-refractivity contribution in [3.05, 3.63) is 57.9 Å². The van der Waals surface area contributed by atoms with E-state index in [4.69, 9.17) is 21.1 Å². The predicted molar refractivity (Wildman–Crippen MR) is 108 cm³/mol. The van der Waals surface area contributed by atoms with Gasteiger partial charge in [-0.25, -0.2) is 4.98 Å². The number of alkyl halides is 3. The molecule has 0 radical (unpaired) electrons. The first kappa shape index (κ1) is 22.3. The molecule has 1 saturated heterocycles. The van der Waals surface area contributed by atoms with Crippen molar-refractivity contribution in [3.63, 3.8) is 0 Å². The average Bonchev–Trinajstić information content (AvgIpc) is 3.00. The molecule has 0 aliphatic carbocycles. The maximum atomic E-state index is 13.0. The van der Waals surface area contributed by atoms with E-state index in [0.717, 1.165) is 6.07 Å². The van der Waals surface area contributed by atoms with Crippen LogP contribution in [0, 0.1) is 0 Å². The number of ether oxygens (including phenoxy) is 2. The molecule has 3 heterocycles. The molecular formula is C21H19ClF3N3O4. The fourth-order valence-electron chi connectivity index (χ4n) is 3.78. The van der Waals surface area contributed by atoms with E-state index in [2.05, 4.69) is 15.6 Å². The third-order valence-electron chi connectivity index (χ3n) is 5.22. The summed E-state index contributed by atoms with van der Waals surface area (Å²) in [5, 5.41) is 6.48. The van der Waals surface area contributed by atoms with Crippen LogP contribution in [0.5, 0.6) is 0 Å². The Kier molecular flexibility index (Phi) is 6.00. The summed E-state index contributed by atoms with van der Waals surface area (Å²) in [5.74, 6) is -2.78. The number of rotatable bonds is 3. The zero-order valence-electron chi connectivity index (χ0n) is 16.7. The number of carbonyl (C=O) groups excluding carboxylic acids is 2. The minimum Gasteiger partial charge on any atom is -0.416 e. The van der Waals surface area contributed by atoms with Crippen LogP contribution in [0.4, 0.5) is 18.9 Å². The Labute approximate surface area is 186 Å². The van der Waals surface area contributed by atoms with Crippen molar-refractivity contribution in [1.29, 1.82) is 0 Å². The third kappa shape index (κ3) is 4.51. The Morgan fingerprint density at radius 2 is 1.81 bits per heavy atom. The smallest absolute Gasteiger partial charge is 0.416 e. The third-order valence-corrected chi connectivity index (χ3v) is 5.53. The number of carbonyl (C=O) groups is 2. The van der Waals surface area contributed by atoms with E-state index in [-0.39, 0.29) is 31.6 Å². The van der Waals surface area contributed by atoms with Crippen LogP contribution in [0.25, 0.3) is 0 Å². The van der Waals surface area contributed by atoms with Crippen LogP contribution in [0.1, 0.15) is 35.4 Å². The van der Waals surface area contributed by atoms with Crippen LogP contribution in [-0.2, 0) is 44.0 Å². The van der Waals surface area contributed by atoms with Gasteiger partial charge in [-0.15, -0.1) is 0 Å². The van der Waals surface area contributed by atoms with Crippen molar-refractivity contribution in [2.75, 3.05) is 18.4 Å². The summed E-state index contributed by atoms with van der Waals surface area (Å²) in [4.78, 5) is 28.0. The summed E-state index contributed by atoms with van der Waals surface area (Å²) in [6.07, 6.45) is -4.28. The largest absolute Gasteiger partial charge is 0.433 e. The van der Waals surface area contributed by atoms with Crippen LogP contribution in [0.3, 0.4) is 0 Å². The summed E-state index contributed by atoms with van der Waals surface area (Å²) < 4.78 is 50.1. The molecule has 11 heteroatoms. The Morgan fingerprint density at radius 1 is 1.09 bits per heavy atom. The van der Waals surface area contributed by atoms with E-state index in [1.165, 1.54) is 12.1 Å². The molecule has 7 nitrogen and oxygen atoms in total. The lowest BCUT2D eigenvalue weighted by Gasteiger charge is -2.32. The molecule has 0 saturated carbocycles. The lowest BCUT2D eigenvalue weighted by Crippen LogP contribution is -2.43. The molecule has 0 unspecified atom stereocenters. The van der Waals surface area contributed by atoms with Gasteiger partial charge >= 0.3 is 18.1 Å². The highest BCUT2D eigenvalue weighted by atomic mass is 35.5. The second-order valence-electron chi connectivity index (χ2n) is 7.44. The molecule has 32 heavy (non-hydrogen) atoms. The first-order valence-electron chi connectivity index (χ1n) is 9.91. The second kappa shape index (κ2) is 8.59. The molecule has 0 amide bonds. The number of nitrogens with one attached hydrogen (secondary N) is 2. The minimum absolute atomic E-state index is 0.0277. The first-order valence-corrected chi connectivity index (χ1v) is 10.3. The van der Waals surface area contributed by atoms with Gasteiger partial charge in [0.15, 0.2) is 0 Å². The Bertz CT molecular complexity index is 1040. The zero-order valence-corrected chi connectivity index (χ0v) is 17.5. The second-order valence-corrected chi connectivity index (χ2v) is 7.85. The summed E-state index contributed by atoms with van der Waals surface area (Å²) in [6.45, 7) is 0.508.